The molecule has 0 unspecified atom stereocenters. The average molecular weight is 325 g/mol. The smallest absolute Gasteiger partial charge is 0.130 e. The van der Waals surface area contributed by atoms with E-state index in [2.05, 4.69) is 40.4 Å². The Bertz CT molecular complexity index is 833. The first-order valence-corrected chi connectivity index (χ1v) is 7.66. The van der Waals surface area contributed by atoms with Crippen LogP contribution in [0.25, 0.3) is 11.3 Å². The standard InChI is InChI=1S/C18H17ClN4/c1-12-3-2-4-13(7-12)10-21-18-9-17(22-11-23-18)15-8-14(19)5-6-16(15)20/h2-9,11H,10,20H2,1H3,(H,21,22,23). The number of hydrogen-bond acceptors (Lipinski definition) is 4. The molecule has 0 aliphatic rings. The molecule has 0 spiro atoms. The van der Waals surface area contributed by atoms with Gasteiger partial charge in [-0.2, -0.15) is 0 Å². The monoisotopic (exact) mass is 324 g/mol. The number of rotatable bonds is 4. The summed E-state index contributed by atoms with van der Waals surface area (Å²) in [5.41, 5.74) is 10.6. The first-order valence-electron chi connectivity index (χ1n) is 7.29. The van der Waals surface area contributed by atoms with Crippen molar-refractivity contribution >= 4 is 23.1 Å². The predicted octanol–water partition coefficient (Wildman–Crippen LogP) is 4.30. The Labute approximate surface area is 140 Å². The second-order valence-corrected chi connectivity index (χ2v) is 5.80. The van der Waals surface area contributed by atoms with E-state index in [1.165, 1.54) is 17.5 Å². The Balaban J connectivity index is 1.81. The number of aryl methyl sites for hydroxylation is 1. The van der Waals surface area contributed by atoms with E-state index in [-0.39, 0.29) is 0 Å². The number of benzene rings is 2. The van der Waals surface area contributed by atoms with Crippen molar-refractivity contribution in [1.29, 1.82) is 0 Å². The molecule has 0 saturated carbocycles. The second kappa shape index (κ2) is 6.67. The molecule has 116 valence electrons. The van der Waals surface area contributed by atoms with Gasteiger partial charge in [-0.15, -0.1) is 0 Å². The fourth-order valence-electron chi connectivity index (χ4n) is 2.37. The predicted molar refractivity (Wildman–Crippen MR) is 95.4 cm³/mol. The van der Waals surface area contributed by atoms with Gasteiger partial charge >= 0.3 is 0 Å². The summed E-state index contributed by atoms with van der Waals surface area (Å²) in [5.74, 6) is 0.746. The van der Waals surface area contributed by atoms with Crippen LogP contribution in [0.15, 0.2) is 54.9 Å². The second-order valence-electron chi connectivity index (χ2n) is 5.36. The van der Waals surface area contributed by atoms with E-state index in [0.717, 1.165) is 17.1 Å². The normalized spacial score (nSPS) is 10.5. The average Bonchev–Trinajstić information content (AvgIpc) is 2.55. The van der Waals surface area contributed by atoms with Crippen molar-refractivity contribution in [2.24, 2.45) is 0 Å². The molecule has 0 amide bonds. The van der Waals surface area contributed by atoms with Gasteiger partial charge < -0.3 is 11.1 Å². The lowest BCUT2D eigenvalue weighted by Gasteiger charge is -2.09. The number of nitrogen functional groups attached to an aromatic ring is 1. The maximum atomic E-state index is 6.05. The molecule has 0 bridgehead atoms. The Morgan fingerprint density at radius 3 is 2.78 bits per heavy atom. The van der Waals surface area contributed by atoms with E-state index in [4.69, 9.17) is 17.3 Å². The largest absolute Gasteiger partial charge is 0.398 e. The first-order chi connectivity index (χ1) is 11.1. The van der Waals surface area contributed by atoms with Crippen molar-refractivity contribution in [3.05, 3.63) is 71.0 Å². The number of hydrogen-bond donors (Lipinski definition) is 2. The third-order valence-corrected chi connectivity index (χ3v) is 3.75. The van der Waals surface area contributed by atoms with Crippen molar-refractivity contribution in [3.8, 4) is 11.3 Å². The molecule has 1 heterocycles. The highest BCUT2D eigenvalue weighted by atomic mass is 35.5. The summed E-state index contributed by atoms with van der Waals surface area (Å²) in [7, 11) is 0. The maximum absolute atomic E-state index is 6.05. The van der Waals surface area contributed by atoms with Crippen molar-refractivity contribution in [2.75, 3.05) is 11.1 Å². The fraction of sp³-hybridized carbons (Fsp3) is 0.111. The molecule has 0 radical (unpaired) electrons. The highest BCUT2D eigenvalue weighted by molar-refractivity contribution is 6.31. The van der Waals surface area contributed by atoms with Gasteiger partial charge in [-0.25, -0.2) is 9.97 Å². The van der Waals surface area contributed by atoms with E-state index < -0.39 is 0 Å². The number of nitrogens with zero attached hydrogens (tertiary/aromatic N) is 2. The molecule has 3 rings (SSSR count). The number of aromatic nitrogens is 2. The van der Waals surface area contributed by atoms with Gasteiger partial charge in [0.15, 0.2) is 0 Å². The maximum Gasteiger partial charge on any atom is 0.130 e. The summed E-state index contributed by atoms with van der Waals surface area (Å²) in [6.45, 7) is 2.78. The molecular formula is C18H17ClN4. The highest BCUT2D eigenvalue weighted by Crippen LogP contribution is 2.28. The third kappa shape index (κ3) is 3.79. The van der Waals surface area contributed by atoms with Crippen LogP contribution in [-0.2, 0) is 6.54 Å². The van der Waals surface area contributed by atoms with Crippen molar-refractivity contribution in [2.45, 2.75) is 13.5 Å². The van der Waals surface area contributed by atoms with Gasteiger partial charge in [0.1, 0.15) is 12.1 Å². The summed E-state index contributed by atoms with van der Waals surface area (Å²) in [6, 6.07) is 15.6. The van der Waals surface area contributed by atoms with Crippen molar-refractivity contribution in [3.63, 3.8) is 0 Å². The van der Waals surface area contributed by atoms with Crippen LogP contribution in [0.3, 0.4) is 0 Å². The van der Waals surface area contributed by atoms with Gasteiger partial charge in [-0.05, 0) is 30.7 Å². The highest BCUT2D eigenvalue weighted by Gasteiger charge is 2.07. The van der Waals surface area contributed by atoms with Crippen molar-refractivity contribution in [1.82, 2.24) is 9.97 Å². The number of nitrogens with one attached hydrogen (secondary N) is 1. The molecule has 0 aliphatic heterocycles. The van der Waals surface area contributed by atoms with E-state index in [1.807, 2.05) is 18.2 Å². The molecule has 1 aromatic heterocycles. The number of nitrogens with two attached hydrogens (primary N) is 1. The Morgan fingerprint density at radius 1 is 1.09 bits per heavy atom. The van der Waals surface area contributed by atoms with Crippen LogP contribution in [0, 0.1) is 6.92 Å². The fourth-order valence-corrected chi connectivity index (χ4v) is 2.54. The van der Waals surface area contributed by atoms with Crippen molar-refractivity contribution < 1.29 is 0 Å². The first kappa shape index (κ1) is 15.3. The van der Waals surface area contributed by atoms with Gasteiger partial charge in [0.2, 0.25) is 0 Å². The Morgan fingerprint density at radius 2 is 1.96 bits per heavy atom. The lowest BCUT2D eigenvalue weighted by Crippen LogP contribution is -2.02. The van der Waals surface area contributed by atoms with Gasteiger partial charge in [-0.3, -0.25) is 0 Å². The lowest BCUT2D eigenvalue weighted by molar-refractivity contribution is 1.08. The lowest BCUT2D eigenvalue weighted by atomic mass is 10.1. The van der Waals surface area contributed by atoms with E-state index in [9.17, 15) is 0 Å². The molecule has 4 nitrogen and oxygen atoms in total. The zero-order chi connectivity index (χ0) is 16.2. The van der Waals surface area contributed by atoms with E-state index in [1.54, 1.807) is 12.1 Å². The van der Waals surface area contributed by atoms with Crippen LogP contribution in [0.1, 0.15) is 11.1 Å². The minimum atomic E-state index is 0.627. The molecule has 0 fully saturated rings. The molecule has 3 N–H and O–H groups in total. The molecule has 0 saturated heterocycles. The summed E-state index contributed by atoms with van der Waals surface area (Å²) in [4.78, 5) is 8.55. The summed E-state index contributed by atoms with van der Waals surface area (Å²) >= 11 is 6.05. The molecule has 5 heteroatoms. The zero-order valence-electron chi connectivity index (χ0n) is 12.8. The minimum Gasteiger partial charge on any atom is -0.398 e. The van der Waals surface area contributed by atoms with Gasteiger partial charge in [0.05, 0.1) is 5.69 Å². The van der Waals surface area contributed by atoms with Gasteiger partial charge in [0.25, 0.3) is 0 Å². The van der Waals surface area contributed by atoms with Crippen LogP contribution < -0.4 is 11.1 Å². The molecule has 3 aromatic rings. The summed E-state index contributed by atoms with van der Waals surface area (Å²) in [6.07, 6.45) is 1.52. The molecule has 0 aliphatic carbocycles. The van der Waals surface area contributed by atoms with Crippen LogP contribution in [0.4, 0.5) is 11.5 Å². The zero-order valence-corrected chi connectivity index (χ0v) is 13.5. The Kier molecular flexibility index (Phi) is 4.44. The van der Waals surface area contributed by atoms with Crippen LogP contribution in [0.5, 0.6) is 0 Å². The van der Waals surface area contributed by atoms with Crippen LogP contribution in [-0.4, -0.2) is 9.97 Å². The van der Waals surface area contributed by atoms with Crippen LogP contribution >= 0.6 is 11.6 Å². The SMILES string of the molecule is Cc1cccc(CNc2cc(-c3cc(Cl)ccc3N)ncn2)c1. The van der Waals surface area contributed by atoms with Gasteiger partial charge in [-0.1, -0.05) is 41.4 Å². The number of anilines is 2. The summed E-state index contributed by atoms with van der Waals surface area (Å²) < 4.78 is 0. The molecular weight excluding hydrogens is 308 g/mol. The quantitative estimate of drug-likeness (QED) is 0.702. The van der Waals surface area contributed by atoms with E-state index >= 15 is 0 Å². The van der Waals surface area contributed by atoms with Crippen LogP contribution in [0.2, 0.25) is 5.02 Å². The third-order valence-electron chi connectivity index (χ3n) is 3.51. The molecule has 23 heavy (non-hydrogen) atoms. The van der Waals surface area contributed by atoms with E-state index in [0.29, 0.717) is 17.3 Å². The Hall–Kier alpha value is -2.59. The minimum absolute atomic E-state index is 0.627. The summed E-state index contributed by atoms with van der Waals surface area (Å²) in [5, 5.41) is 3.93. The topological polar surface area (TPSA) is 63.8 Å². The number of halogens is 1. The molecule has 0 atom stereocenters. The van der Waals surface area contributed by atoms with Gasteiger partial charge in [0, 0.05) is 28.9 Å². The molecule has 2 aromatic carbocycles.